The van der Waals surface area contributed by atoms with E-state index in [4.69, 9.17) is 18.9 Å². The molecule has 0 radical (unpaired) electrons. The Kier molecular flexibility index (Phi) is 8.12. The summed E-state index contributed by atoms with van der Waals surface area (Å²) in [6.07, 6.45) is -0.230. The third kappa shape index (κ3) is 5.53. The minimum absolute atomic E-state index is 0.120. The van der Waals surface area contributed by atoms with Gasteiger partial charge in [-0.05, 0) is 26.8 Å². The van der Waals surface area contributed by atoms with E-state index in [-0.39, 0.29) is 12.3 Å². The molecule has 1 rings (SSSR count). The van der Waals surface area contributed by atoms with Gasteiger partial charge in [0.15, 0.2) is 6.29 Å². The molecular weight excluding hydrogens is 270 g/mol. The van der Waals surface area contributed by atoms with E-state index in [0.717, 1.165) is 17.1 Å². The lowest BCUT2D eigenvalue weighted by Crippen LogP contribution is -2.33. The molecule has 1 unspecified atom stereocenters. The Morgan fingerprint density at radius 2 is 1.71 bits per heavy atom. The first-order chi connectivity index (χ1) is 10.2. The van der Waals surface area contributed by atoms with E-state index in [1.165, 1.54) is 0 Å². The number of methoxy groups -OCH3 is 2. The number of rotatable bonds is 10. The zero-order valence-corrected chi connectivity index (χ0v) is 13.6. The Labute approximate surface area is 127 Å². The van der Waals surface area contributed by atoms with Crippen LogP contribution >= 0.6 is 0 Å². The van der Waals surface area contributed by atoms with Crippen molar-refractivity contribution < 1.29 is 18.9 Å². The molecule has 120 valence electrons. The molecule has 0 saturated carbocycles. The Morgan fingerprint density at radius 3 is 2.24 bits per heavy atom. The number of nitrogens with one attached hydrogen (secondary N) is 1. The minimum Gasteiger partial charge on any atom is -0.497 e. The zero-order chi connectivity index (χ0) is 15.7. The maximum atomic E-state index is 5.53. The smallest absolute Gasteiger partial charge is 0.169 e. The van der Waals surface area contributed by atoms with Gasteiger partial charge >= 0.3 is 0 Å². The van der Waals surface area contributed by atoms with E-state index < -0.39 is 0 Å². The van der Waals surface area contributed by atoms with Crippen LogP contribution in [0.1, 0.15) is 32.4 Å². The van der Waals surface area contributed by atoms with Gasteiger partial charge < -0.3 is 24.3 Å². The quantitative estimate of drug-likeness (QED) is 0.673. The summed E-state index contributed by atoms with van der Waals surface area (Å²) in [5, 5.41) is 3.41. The van der Waals surface area contributed by atoms with E-state index in [1.807, 2.05) is 32.0 Å². The van der Waals surface area contributed by atoms with E-state index in [9.17, 15) is 0 Å². The van der Waals surface area contributed by atoms with Crippen LogP contribution in [0.3, 0.4) is 0 Å². The molecule has 0 heterocycles. The van der Waals surface area contributed by atoms with Crippen LogP contribution in [0, 0.1) is 0 Å². The van der Waals surface area contributed by atoms with Gasteiger partial charge in [-0.25, -0.2) is 0 Å². The van der Waals surface area contributed by atoms with Crippen LogP contribution in [0.2, 0.25) is 0 Å². The number of hydrogen-bond donors (Lipinski definition) is 1. The van der Waals surface area contributed by atoms with Crippen molar-refractivity contribution in [2.24, 2.45) is 0 Å². The molecule has 1 aromatic carbocycles. The molecule has 0 bridgehead atoms. The summed E-state index contributed by atoms with van der Waals surface area (Å²) in [7, 11) is 3.30. The van der Waals surface area contributed by atoms with E-state index in [0.29, 0.717) is 19.8 Å². The SMILES string of the molecule is CCOC(CNC(C)c1ccc(OC)cc1OC)OCC. The molecule has 0 aliphatic heterocycles. The van der Waals surface area contributed by atoms with Crippen molar-refractivity contribution in [1.82, 2.24) is 5.32 Å². The van der Waals surface area contributed by atoms with Gasteiger partial charge in [0.2, 0.25) is 0 Å². The average molecular weight is 297 g/mol. The first kappa shape index (κ1) is 17.8. The average Bonchev–Trinajstić information content (AvgIpc) is 2.52. The Morgan fingerprint density at radius 1 is 1.05 bits per heavy atom. The molecule has 1 N–H and O–H groups in total. The topological polar surface area (TPSA) is 49.0 Å². The third-order valence-electron chi connectivity index (χ3n) is 3.20. The molecule has 1 aromatic rings. The first-order valence-electron chi connectivity index (χ1n) is 7.34. The van der Waals surface area contributed by atoms with Crippen LogP contribution in [0.25, 0.3) is 0 Å². The minimum atomic E-state index is -0.230. The molecule has 0 aliphatic carbocycles. The van der Waals surface area contributed by atoms with Gasteiger partial charge in [0.1, 0.15) is 11.5 Å². The molecule has 0 amide bonds. The van der Waals surface area contributed by atoms with Crippen molar-refractivity contribution in [3.8, 4) is 11.5 Å². The summed E-state index contributed by atoms with van der Waals surface area (Å²) in [5.74, 6) is 1.59. The lowest BCUT2D eigenvalue weighted by Gasteiger charge is -2.22. The molecule has 0 aliphatic rings. The fraction of sp³-hybridized carbons (Fsp3) is 0.625. The van der Waals surface area contributed by atoms with Crippen molar-refractivity contribution in [3.63, 3.8) is 0 Å². The van der Waals surface area contributed by atoms with Gasteiger partial charge in [-0.15, -0.1) is 0 Å². The lowest BCUT2D eigenvalue weighted by molar-refractivity contribution is -0.133. The van der Waals surface area contributed by atoms with E-state index >= 15 is 0 Å². The summed E-state index contributed by atoms with van der Waals surface area (Å²) < 4.78 is 21.7. The number of ether oxygens (including phenoxy) is 4. The molecule has 5 heteroatoms. The number of benzene rings is 1. The molecule has 0 saturated heterocycles. The van der Waals surface area contributed by atoms with Gasteiger partial charge in [-0.1, -0.05) is 6.07 Å². The predicted molar refractivity (Wildman–Crippen MR) is 83.0 cm³/mol. The summed E-state index contributed by atoms with van der Waals surface area (Å²) in [6.45, 7) is 7.89. The predicted octanol–water partition coefficient (Wildman–Crippen LogP) is 2.75. The lowest BCUT2D eigenvalue weighted by atomic mass is 10.1. The molecule has 0 aromatic heterocycles. The Hall–Kier alpha value is -1.30. The summed E-state index contributed by atoms with van der Waals surface area (Å²) >= 11 is 0. The third-order valence-corrected chi connectivity index (χ3v) is 3.20. The highest BCUT2D eigenvalue weighted by atomic mass is 16.7. The fourth-order valence-electron chi connectivity index (χ4n) is 2.10. The van der Waals surface area contributed by atoms with Crippen LogP contribution in [-0.2, 0) is 9.47 Å². The second kappa shape index (κ2) is 9.60. The Bertz CT molecular complexity index is 405. The summed E-state index contributed by atoms with van der Waals surface area (Å²) in [6, 6.07) is 5.94. The maximum absolute atomic E-state index is 5.53. The van der Waals surface area contributed by atoms with Crippen molar-refractivity contribution in [2.45, 2.75) is 33.1 Å². The molecular formula is C16H27NO4. The van der Waals surface area contributed by atoms with Crippen molar-refractivity contribution in [3.05, 3.63) is 23.8 Å². The van der Waals surface area contributed by atoms with E-state index in [1.54, 1.807) is 14.2 Å². The van der Waals surface area contributed by atoms with Crippen molar-refractivity contribution in [2.75, 3.05) is 34.0 Å². The van der Waals surface area contributed by atoms with E-state index in [2.05, 4.69) is 12.2 Å². The molecule has 1 atom stereocenters. The van der Waals surface area contributed by atoms with Gasteiger partial charge in [-0.2, -0.15) is 0 Å². The largest absolute Gasteiger partial charge is 0.497 e. The fourth-order valence-corrected chi connectivity index (χ4v) is 2.10. The standard InChI is InChI=1S/C16H27NO4/c1-6-20-16(21-7-2)11-17-12(3)14-9-8-13(18-4)10-15(14)19-5/h8-10,12,16-17H,6-7,11H2,1-5H3. The first-order valence-corrected chi connectivity index (χ1v) is 7.34. The highest BCUT2D eigenvalue weighted by molar-refractivity contribution is 5.42. The van der Waals surface area contributed by atoms with Crippen molar-refractivity contribution >= 4 is 0 Å². The second-order valence-corrected chi connectivity index (χ2v) is 4.58. The van der Waals surface area contributed by atoms with Gasteiger partial charge in [0.05, 0.1) is 14.2 Å². The molecule has 5 nitrogen and oxygen atoms in total. The number of hydrogen-bond acceptors (Lipinski definition) is 5. The highest BCUT2D eigenvalue weighted by Gasteiger charge is 2.15. The van der Waals surface area contributed by atoms with Crippen LogP contribution in [0.4, 0.5) is 0 Å². The normalized spacial score (nSPS) is 12.5. The van der Waals surface area contributed by atoms with Crippen LogP contribution in [0.15, 0.2) is 18.2 Å². The van der Waals surface area contributed by atoms with Crippen molar-refractivity contribution in [1.29, 1.82) is 0 Å². The molecule has 0 spiro atoms. The van der Waals surface area contributed by atoms with Gasteiger partial charge in [0, 0.05) is 37.4 Å². The monoisotopic (exact) mass is 297 g/mol. The summed E-state index contributed by atoms with van der Waals surface area (Å²) in [5.41, 5.74) is 1.07. The van der Waals surface area contributed by atoms with Crippen LogP contribution in [0.5, 0.6) is 11.5 Å². The maximum Gasteiger partial charge on any atom is 0.169 e. The zero-order valence-electron chi connectivity index (χ0n) is 13.6. The molecule has 21 heavy (non-hydrogen) atoms. The van der Waals surface area contributed by atoms with Gasteiger partial charge in [0.25, 0.3) is 0 Å². The van der Waals surface area contributed by atoms with Gasteiger partial charge in [-0.3, -0.25) is 0 Å². The Balaban J connectivity index is 2.67. The summed E-state index contributed by atoms with van der Waals surface area (Å²) in [4.78, 5) is 0. The van der Waals surface area contributed by atoms with Crippen LogP contribution in [-0.4, -0.2) is 40.3 Å². The second-order valence-electron chi connectivity index (χ2n) is 4.58. The highest BCUT2D eigenvalue weighted by Crippen LogP contribution is 2.29. The molecule has 0 fully saturated rings. The van der Waals surface area contributed by atoms with Crippen LogP contribution < -0.4 is 14.8 Å².